The van der Waals surface area contributed by atoms with E-state index in [1.807, 2.05) is 0 Å². The van der Waals surface area contributed by atoms with Crippen molar-refractivity contribution < 1.29 is 13.6 Å². The van der Waals surface area contributed by atoms with E-state index in [0.29, 0.717) is 23.2 Å². The van der Waals surface area contributed by atoms with E-state index in [9.17, 15) is 14.0 Å². The molecule has 0 radical (unpaired) electrons. The highest BCUT2D eigenvalue weighted by atomic mass is 19.1. The van der Waals surface area contributed by atoms with Crippen LogP contribution in [0.1, 0.15) is 12.5 Å². The van der Waals surface area contributed by atoms with Crippen LogP contribution < -0.4 is 11.1 Å². The van der Waals surface area contributed by atoms with Crippen LogP contribution >= 0.6 is 0 Å². The molecule has 0 saturated heterocycles. The number of halogens is 1. The molecule has 1 unspecified atom stereocenters. The molecule has 2 N–H and O–H groups in total. The van der Waals surface area contributed by atoms with Gasteiger partial charge in [0.1, 0.15) is 5.82 Å². The average molecular weight is 314 g/mol. The molecule has 2 aromatic carbocycles. The van der Waals surface area contributed by atoms with Gasteiger partial charge >= 0.3 is 5.76 Å². The van der Waals surface area contributed by atoms with Gasteiger partial charge in [0, 0.05) is 11.6 Å². The van der Waals surface area contributed by atoms with E-state index in [4.69, 9.17) is 4.42 Å². The minimum Gasteiger partial charge on any atom is -0.408 e. The Hall–Kier alpha value is -2.89. The summed E-state index contributed by atoms with van der Waals surface area (Å²) < 4.78 is 17.8. The molecule has 0 saturated carbocycles. The fourth-order valence-electron chi connectivity index (χ4n) is 2.36. The maximum absolute atomic E-state index is 12.9. The van der Waals surface area contributed by atoms with Gasteiger partial charge in [0.15, 0.2) is 5.58 Å². The Bertz CT molecular complexity index is 896. The summed E-state index contributed by atoms with van der Waals surface area (Å²) in [5.41, 5.74) is 2.43. The van der Waals surface area contributed by atoms with Gasteiger partial charge in [-0.3, -0.25) is 9.78 Å². The van der Waals surface area contributed by atoms with Crippen molar-refractivity contribution in [1.29, 1.82) is 0 Å². The molecule has 1 amide bonds. The summed E-state index contributed by atoms with van der Waals surface area (Å²) >= 11 is 0. The zero-order valence-electron chi connectivity index (χ0n) is 12.4. The van der Waals surface area contributed by atoms with Crippen LogP contribution in [0.4, 0.5) is 10.1 Å². The highest BCUT2D eigenvalue weighted by Crippen LogP contribution is 2.18. The van der Waals surface area contributed by atoms with Gasteiger partial charge in [0.05, 0.1) is 5.52 Å². The molecule has 0 fully saturated rings. The largest absolute Gasteiger partial charge is 0.417 e. The number of amides is 1. The molecule has 6 heteroatoms. The molecule has 3 rings (SSSR count). The number of fused-ring (bicyclic) bond motifs is 1. The molecular weight excluding hydrogens is 299 g/mol. The number of benzene rings is 2. The third-order valence-electron chi connectivity index (χ3n) is 3.59. The van der Waals surface area contributed by atoms with Gasteiger partial charge < -0.3 is 9.73 Å². The van der Waals surface area contributed by atoms with Crippen molar-refractivity contribution in [2.24, 2.45) is 5.92 Å². The van der Waals surface area contributed by atoms with Crippen LogP contribution in [0.2, 0.25) is 0 Å². The van der Waals surface area contributed by atoms with Crippen LogP contribution in [-0.2, 0) is 11.2 Å². The Morgan fingerprint density at radius 3 is 2.74 bits per heavy atom. The number of rotatable bonds is 4. The molecular formula is C17H15FN2O3. The first-order valence-electron chi connectivity index (χ1n) is 7.19. The topological polar surface area (TPSA) is 75.1 Å². The number of anilines is 1. The number of carbonyl (C=O) groups excluding carboxylic acids is 1. The summed E-state index contributed by atoms with van der Waals surface area (Å²) in [6.07, 6.45) is 0.511. The SMILES string of the molecule is CC(Cc1ccc(F)cc1)C(=O)Nc1ccc2oc(=O)[nH]c2c1. The Balaban J connectivity index is 1.69. The van der Waals surface area contributed by atoms with Gasteiger partial charge in [-0.2, -0.15) is 0 Å². The maximum Gasteiger partial charge on any atom is 0.417 e. The highest BCUT2D eigenvalue weighted by molar-refractivity contribution is 5.94. The van der Waals surface area contributed by atoms with E-state index in [1.54, 1.807) is 37.3 Å². The summed E-state index contributed by atoms with van der Waals surface area (Å²) in [5.74, 6) is -1.26. The van der Waals surface area contributed by atoms with Crippen LogP contribution in [-0.4, -0.2) is 10.9 Å². The van der Waals surface area contributed by atoms with Crippen LogP contribution in [0.5, 0.6) is 0 Å². The molecule has 5 nitrogen and oxygen atoms in total. The maximum atomic E-state index is 12.9. The van der Waals surface area contributed by atoms with Crippen molar-refractivity contribution >= 4 is 22.7 Å². The first-order chi connectivity index (χ1) is 11.0. The van der Waals surface area contributed by atoms with Crippen LogP contribution in [0.3, 0.4) is 0 Å². The van der Waals surface area contributed by atoms with Crippen LogP contribution in [0, 0.1) is 11.7 Å². The average Bonchev–Trinajstić information content (AvgIpc) is 2.88. The third kappa shape index (κ3) is 3.48. The third-order valence-corrected chi connectivity index (χ3v) is 3.59. The summed E-state index contributed by atoms with van der Waals surface area (Å²) in [4.78, 5) is 25.9. The van der Waals surface area contributed by atoms with Crippen molar-refractivity contribution in [3.05, 3.63) is 64.4 Å². The number of carbonyl (C=O) groups is 1. The van der Waals surface area contributed by atoms with Gasteiger partial charge in [-0.25, -0.2) is 9.18 Å². The predicted octanol–water partition coefficient (Wildman–Crippen LogP) is 3.08. The van der Waals surface area contributed by atoms with Crippen molar-refractivity contribution in [2.75, 3.05) is 5.32 Å². The molecule has 3 aromatic rings. The minimum atomic E-state index is -0.534. The van der Waals surface area contributed by atoms with Crippen molar-refractivity contribution in [3.63, 3.8) is 0 Å². The Morgan fingerprint density at radius 2 is 2.00 bits per heavy atom. The fraction of sp³-hybridized carbons (Fsp3) is 0.176. The highest BCUT2D eigenvalue weighted by Gasteiger charge is 2.14. The second-order valence-electron chi connectivity index (χ2n) is 5.45. The monoisotopic (exact) mass is 314 g/mol. The number of aromatic amines is 1. The number of H-pyrrole nitrogens is 1. The second kappa shape index (κ2) is 6.08. The smallest absolute Gasteiger partial charge is 0.408 e. The summed E-state index contributed by atoms with van der Waals surface area (Å²) in [6.45, 7) is 1.80. The van der Waals surface area contributed by atoms with E-state index < -0.39 is 5.76 Å². The Kier molecular flexibility index (Phi) is 3.97. The molecule has 1 aromatic heterocycles. The van der Waals surface area contributed by atoms with Gasteiger partial charge in [-0.05, 0) is 42.3 Å². The summed E-state index contributed by atoms with van der Waals surface area (Å²) in [6, 6.07) is 11.0. The molecule has 0 spiro atoms. The van der Waals surface area contributed by atoms with E-state index in [0.717, 1.165) is 5.56 Å². The normalized spacial score (nSPS) is 12.3. The zero-order chi connectivity index (χ0) is 16.4. The number of oxazole rings is 1. The first kappa shape index (κ1) is 15.0. The van der Waals surface area contributed by atoms with Crippen LogP contribution in [0.25, 0.3) is 11.1 Å². The van der Waals surface area contributed by atoms with E-state index in [-0.39, 0.29) is 17.6 Å². The fourth-order valence-corrected chi connectivity index (χ4v) is 2.36. The predicted molar refractivity (Wildman–Crippen MR) is 84.7 cm³/mol. The quantitative estimate of drug-likeness (QED) is 0.777. The summed E-state index contributed by atoms with van der Waals surface area (Å²) in [5, 5.41) is 2.80. The lowest BCUT2D eigenvalue weighted by Gasteiger charge is -2.12. The molecule has 0 aliphatic heterocycles. The lowest BCUT2D eigenvalue weighted by molar-refractivity contribution is -0.119. The van der Waals surface area contributed by atoms with Crippen LogP contribution in [0.15, 0.2) is 51.7 Å². The number of aromatic nitrogens is 1. The molecule has 0 aliphatic carbocycles. The molecule has 1 heterocycles. The zero-order valence-corrected chi connectivity index (χ0v) is 12.4. The van der Waals surface area contributed by atoms with Gasteiger partial charge in [0.25, 0.3) is 0 Å². The Labute approximate surface area is 131 Å². The van der Waals surface area contributed by atoms with E-state index >= 15 is 0 Å². The van der Waals surface area contributed by atoms with E-state index in [1.165, 1.54) is 12.1 Å². The van der Waals surface area contributed by atoms with Crippen molar-refractivity contribution in [1.82, 2.24) is 4.98 Å². The molecule has 118 valence electrons. The van der Waals surface area contributed by atoms with Crippen molar-refractivity contribution in [3.8, 4) is 0 Å². The van der Waals surface area contributed by atoms with Gasteiger partial charge in [0.2, 0.25) is 5.91 Å². The molecule has 0 bridgehead atoms. The minimum absolute atomic E-state index is 0.153. The second-order valence-corrected chi connectivity index (χ2v) is 5.45. The number of hydrogen-bond donors (Lipinski definition) is 2. The molecule has 1 atom stereocenters. The first-order valence-corrected chi connectivity index (χ1v) is 7.19. The van der Waals surface area contributed by atoms with Crippen molar-refractivity contribution in [2.45, 2.75) is 13.3 Å². The van der Waals surface area contributed by atoms with E-state index in [2.05, 4.69) is 10.3 Å². The van der Waals surface area contributed by atoms with Gasteiger partial charge in [-0.15, -0.1) is 0 Å². The van der Waals surface area contributed by atoms with Gasteiger partial charge in [-0.1, -0.05) is 19.1 Å². The summed E-state index contributed by atoms with van der Waals surface area (Å²) in [7, 11) is 0. The molecule has 0 aliphatic rings. The molecule has 23 heavy (non-hydrogen) atoms. The lowest BCUT2D eigenvalue weighted by atomic mass is 10.0. The number of hydrogen-bond acceptors (Lipinski definition) is 3. The standard InChI is InChI=1S/C17H15FN2O3/c1-10(8-11-2-4-12(18)5-3-11)16(21)19-13-6-7-15-14(9-13)20-17(22)23-15/h2-7,9-10H,8H2,1H3,(H,19,21)(H,20,22). The lowest BCUT2D eigenvalue weighted by Crippen LogP contribution is -2.22. The Morgan fingerprint density at radius 1 is 1.26 bits per heavy atom. The number of nitrogens with one attached hydrogen (secondary N) is 2.